The molecule has 23 heavy (non-hydrogen) atoms. The van der Waals surface area contributed by atoms with Crippen molar-refractivity contribution in [3.05, 3.63) is 29.8 Å². The van der Waals surface area contributed by atoms with Crippen molar-refractivity contribution in [2.24, 2.45) is 5.16 Å². The summed E-state index contributed by atoms with van der Waals surface area (Å²) in [6, 6.07) is 8.01. The molecule has 2 aliphatic rings. The molecule has 0 N–H and O–H groups in total. The van der Waals surface area contributed by atoms with Crippen LogP contribution in [0.3, 0.4) is 0 Å². The van der Waals surface area contributed by atoms with Crippen LogP contribution in [0.25, 0.3) is 0 Å². The Morgan fingerprint density at radius 2 is 2.22 bits per heavy atom. The van der Waals surface area contributed by atoms with Crippen molar-refractivity contribution in [2.45, 2.75) is 31.0 Å². The summed E-state index contributed by atoms with van der Waals surface area (Å²) in [5.41, 5.74) is 0.804. The highest BCUT2D eigenvalue weighted by atomic mass is 35.5. The minimum absolute atomic E-state index is 0.258. The molecule has 0 amide bonds. The van der Waals surface area contributed by atoms with Gasteiger partial charge in [-0.05, 0) is 24.6 Å². The topological polar surface area (TPSA) is 49.3 Å². The van der Waals surface area contributed by atoms with Gasteiger partial charge in [0, 0.05) is 12.2 Å². The van der Waals surface area contributed by atoms with Gasteiger partial charge >= 0.3 is 0 Å². The Balaban J connectivity index is 1.48. The minimum atomic E-state index is -0.365. The highest BCUT2D eigenvalue weighted by molar-refractivity contribution is 8.13. The standard InChI is InChI=1S/C16H20ClNO4S/c1-16(11-17)8-14(18-22-16)23-10-12-3-2-4-13(7-12)21-9-15-19-5-6-20-15/h2-4,7,15H,5-6,8-11H2,1H3. The summed E-state index contributed by atoms with van der Waals surface area (Å²) in [5, 5.41) is 5.10. The van der Waals surface area contributed by atoms with Gasteiger partial charge < -0.3 is 19.0 Å². The quantitative estimate of drug-likeness (QED) is 0.730. The zero-order chi connectivity index (χ0) is 16.1. The van der Waals surface area contributed by atoms with E-state index in [0.717, 1.165) is 23.0 Å². The van der Waals surface area contributed by atoms with Crippen LogP contribution in [-0.4, -0.2) is 42.6 Å². The van der Waals surface area contributed by atoms with E-state index < -0.39 is 0 Å². The number of hydrogen-bond donors (Lipinski definition) is 0. The van der Waals surface area contributed by atoms with Gasteiger partial charge in [0.1, 0.15) is 17.4 Å². The van der Waals surface area contributed by atoms with E-state index in [1.54, 1.807) is 11.8 Å². The molecule has 0 spiro atoms. The Bertz CT molecular complexity index is 565. The largest absolute Gasteiger partial charge is 0.488 e. The third-order valence-electron chi connectivity index (χ3n) is 3.56. The van der Waals surface area contributed by atoms with Gasteiger partial charge in [-0.25, -0.2) is 0 Å². The van der Waals surface area contributed by atoms with Crippen LogP contribution in [0.15, 0.2) is 29.4 Å². The van der Waals surface area contributed by atoms with Gasteiger partial charge in [0.2, 0.25) is 0 Å². The highest BCUT2D eigenvalue weighted by Crippen LogP contribution is 2.31. The van der Waals surface area contributed by atoms with E-state index in [1.165, 1.54) is 5.56 Å². The molecule has 1 aromatic carbocycles. The van der Waals surface area contributed by atoms with E-state index in [1.807, 2.05) is 25.1 Å². The molecule has 1 fully saturated rings. The summed E-state index contributed by atoms with van der Waals surface area (Å²) in [5.74, 6) is 2.07. The van der Waals surface area contributed by atoms with Crippen molar-refractivity contribution < 1.29 is 19.0 Å². The smallest absolute Gasteiger partial charge is 0.191 e. The van der Waals surface area contributed by atoms with Gasteiger partial charge in [-0.1, -0.05) is 17.3 Å². The third-order valence-corrected chi connectivity index (χ3v) is 5.15. The van der Waals surface area contributed by atoms with E-state index in [4.69, 9.17) is 30.6 Å². The molecule has 1 unspecified atom stereocenters. The number of hydrogen-bond acceptors (Lipinski definition) is 6. The monoisotopic (exact) mass is 357 g/mol. The lowest BCUT2D eigenvalue weighted by Crippen LogP contribution is -2.26. The number of oxime groups is 1. The molecule has 0 aliphatic carbocycles. The molecule has 0 saturated carbocycles. The van der Waals surface area contributed by atoms with Gasteiger partial charge in [0.15, 0.2) is 11.9 Å². The zero-order valence-electron chi connectivity index (χ0n) is 13.0. The summed E-state index contributed by atoms with van der Waals surface area (Å²) >= 11 is 7.56. The third kappa shape index (κ3) is 4.76. The van der Waals surface area contributed by atoms with Crippen molar-refractivity contribution in [3.63, 3.8) is 0 Å². The van der Waals surface area contributed by atoms with Gasteiger partial charge in [0.25, 0.3) is 0 Å². The lowest BCUT2D eigenvalue weighted by atomic mass is 10.1. The normalized spacial score (nSPS) is 24.5. The van der Waals surface area contributed by atoms with Crippen molar-refractivity contribution >= 4 is 28.4 Å². The first-order chi connectivity index (χ1) is 11.2. The molecular weight excluding hydrogens is 338 g/mol. The van der Waals surface area contributed by atoms with Crippen LogP contribution in [0.4, 0.5) is 0 Å². The summed E-state index contributed by atoms with van der Waals surface area (Å²) < 4.78 is 16.4. The first-order valence-corrected chi connectivity index (χ1v) is 9.08. The molecule has 0 aromatic heterocycles. The lowest BCUT2D eigenvalue weighted by Gasteiger charge is -2.16. The Labute approximate surface area is 145 Å². The lowest BCUT2D eigenvalue weighted by molar-refractivity contribution is -0.0684. The van der Waals surface area contributed by atoms with Gasteiger partial charge in [-0.15, -0.1) is 23.4 Å². The highest BCUT2D eigenvalue weighted by Gasteiger charge is 2.33. The van der Waals surface area contributed by atoms with E-state index in [-0.39, 0.29) is 11.9 Å². The first kappa shape index (κ1) is 16.9. The van der Waals surface area contributed by atoms with E-state index in [2.05, 4.69) is 11.2 Å². The minimum Gasteiger partial charge on any atom is -0.488 e. The molecule has 2 aliphatic heterocycles. The second kappa shape index (κ2) is 7.75. The van der Waals surface area contributed by atoms with Crippen molar-refractivity contribution in [2.75, 3.05) is 25.7 Å². The molecular formula is C16H20ClNO4S. The van der Waals surface area contributed by atoms with Crippen LogP contribution in [0.5, 0.6) is 5.75 Å². The number of nitrogens with zero attached hydrogens (tertiary/aromatic N) is 1. The van der Waals surface area contributed by atoms with Crippen molar-refractivity contribution in [1.29, 1.82) is 0 Å². The Hall–Kier alpha value is -0.950. The summed E-state index contributed by atoms with van der Waals surface area (Å²) in [6.45, 7) is 3.65. The molecule has 1 aromatic rings. The maximum Gasteiger partial charge on any atom is 0.191 e. The summed E-state index contributed by atoms with van der Waals surface area (Å²) in [4.78, 5) is 5.39. The molecule has 1 saturated heterocycles. The van der Waals surface area contributed by atoms with E-state index in [0.29, 0.717) is 25.7 Å². The summed E-state index contributed by atoms with van der Waals surface area (Å²) in [6.07, 6.45) is 0.500. The summed E-state index contributed by atoms with van der Waals surface area (Å²) in [7, 11) is 0. The SMILES string of the molecule is CC1(CCl)CC(SCc2cccc(OCC3OCCO3)c2)=NO1. The second-order valence-electron chi connectivity index (χ2n) is 5.75. The second-order valence-corrected chi connectivity index (χ2v) is 7.07. The van der Waals surface area contributed by atoms with Crippen LogP contribution in [0, 0.1) is 0 Å². The molecule has 1 atom stereocenters. The molecule has 3 rings (SSSR count). The number of alkyl halides is 1. The molecule has 0 bridgehead atoms. The molecule has 0 radical (unpaired) electrons. The number of thioether (sulfide) groups is 1. The maximum atomic E-state index is 5.90. The fourth-order valence-electron chi connectivity index (χ4n) is 2.25. The molecule has 2 heterocycles. The van der Waals surface area contributed by atoms with Crippen LogP contribution >= 0.6 is 23.4 Å². The fourth-order valence-corrected chi connectivity index (χ4v) is 3.41. The molecule has 126 valence electrons. The zero-order valence-corrected chi connectivity index (χ0v) is 14.6. The maximum absolute atomic E-state index is 5.90. The molecule has 7 heteroatoms. The van der Waals surface area contributed by atoms with Crippen molar-refractivity contribution in [3.8, 4) is 5.75 Å². The predicted octanol–water partition coefficient (Wildman–Crippen LogP) is 3.40. The number of halogens is 1. The van der Waals surface area contributed by atoms with Gasteiger partial charge in [-0.3, -0.25) is 0 Å². The van der Waals surface area contributed by atoms with Crippen LogP contribution in [0.1, 0.15) is 18.9 Å². The average Bonchev–Trinajstić information content (AvgIpc) is 3.22. The fraction of sp³-hybridized carbons (Fsp3) is 0.562. The van der Waals surface area contributed by atoms with Gasteiger partial charge in [0.05, 0.1) is 19.1 Å². The van der Waals surface area contributed by atoms with E-state index in [9.17, 15) is 0 Å². The van der Waals surface area contributed by atoms with Crippen LogP contribution < -0.4 is 4.74 Å². The van der Waals surface area contributed by atoms with Gasteiger partial charge in [-0.2, -0.15) is 0 Å². The van der Waals surface area contributed by atoms with Crippen LogP contribution in [-0.2, 0) is 20.1 Å². The number of benzene rings is 1. The molecule has 5 nitrogen and oxygen atoms in total. The van der Waals surface area contributed by atoms with Crippen molar-refractivity contribution in [1.82, 2.24) is 0 Å². The first-order valence-electron chi connectivity index (χ1n) is 7.56. The Kier molecular flexibility index (Phi) is 5.69. The Morgan fingerprint density at radius 1 is 1.39 bits per heavy atom. The van der Waals surface area contributed by atoms with Crippen LogP contribution in [0.2, 0.25) is 0 Å². The average molecular weight is 358 g/mol. The Morgan fingerprint density at radius 3 is 2.96 bits per heavy atom. The number of ether oxygens (including phenoxy) is 3. The number of rotatable bonds is 6. The van der Waals surface area contributed by atoms with E-state index >= 15 is 0 Å². The predicted molar refractivity (Wildman–Crippen MR) is 91.2 cm³/mol.